The number of halogens is 4. The first-order chi connectivity index (χ1) is 37.9. The zero-order valence-corrected chi connectivity index (χ0v) is 44.9. The zero-order chi connectivity index (χ0) is 56.2. The molecule has 1 saturated heterocycles. The number of urea groups is 1. The Morgan fingerprint density at radius 1 is 0.861 bits per heavy atom. The van der Waals surface area contributed by atoms with E-state index in [1.807, 2.05) is 51.1 Å². The van der Waals surface area contributed by atoms with Crippen LogP contribution in [0.5, 0.6) is 17.2 Å². The number of amides is 6. The molecule has 0 spiro atoms. The van der Waals surface area contributed by atoms with Crippen LogP contribution < -0.4 is 30.7 Å². The normalized spacial score (nSPS) is 15.4. The molecule has 6 amide bonds. The topological polar surface area (TPSA) is 223 Å². The quantitative estimate of drug-likeness (QED) is 0.0379. The molecular weight excluding hydrogens is 1070 g/mol. The predicted molar refractivity (Wildman–Crippen MR) is 289 cm³/mol. The molecule has 23 heteroatoms. The first-order valence-electron chi connectivity index (χ1n) is 25.4. The number of aromatic nitrogens is 2. The molecule has 79 heavy (non-hydrogen) atoms. The molecular formula is C56H58ClF3N8O10S. The van der Waals surface area contributed by atoms with Gasteiger partial charge in [0.15, 0.2) is 0 Å². The van der Waals surface area contributed by atoms with Crippen LogP contribution in [0.25, 0.3) is 10.4 Å². The fourth-order valence-electron chi connectivity index (χ4n) is 9.06. The number of benzene rings is 4. The Morgan fingerprint density at radius 3 is 2.34 bits per heavy atom. The maximum atomic E-state index is 14.3. The summed E-state index contributed by atoms with van der Waals surface area (Å²) in [6.45, 7) is 7.63. The van der Waals surface area contributed by atoms with E-state index >= 15 is 0 Å². The number of nitrogens with zero attached hydrogens (tertiary/aromatic N) is 4. The van der Waals surface area contributed by atoms with Crippen molar-refractivity contribution in [1.29, 1.82) is 0 Å². The molecule has 2 aromatic heterocycles. The standard InChI is InChI=1S/C56H58ClF3N8O10S/c1-33(2)49(68-30-37-7-4-5-8-43(37)53(68)72)54(73)67-31-40(69)27-47(67)52(71)63-29-36-10-9-35(50-34(3)64-32-79-50)25-48(36)77-21-6-20-75-23-24-76-22-19-62-51(70)46-28-42(17-18-61-46)78-41-14-11-38(12-15-41)65-55(74)66-39-13-16-45(57)44(26-39)56(58,59)60/h4-5,7-18,25-26,28,32-33,40,47,49,69H,6,19-24,27,29-31H2,1-3H3,(H,62,70)(H,63,71)(H2,65,66,74)/t40-,47+,49+/m1/s1. The van der Waals surface area contributed by atoms with E-state index in [1.54, 1.807) is 40.7 Å². The number of ether oxygens (including phenoxy) is 4. The fourth-order valence-corrected chi connectivity index (χ4v) is 10.1. The summed E-state index contributed by atoms with van der Waals surface area (Å²) in [5, 5.41) is 20.9. The lowest BCUT2D eigenvalue weighted by Gasteiger charge is -2.35. The van der Waals surface area contributed by atoms with Gasteiger partial charge in [-0.2, -0.15) is 13.2 Å². The van der Waals surface area contributed by atoms with Crippen molar-refractivity contribution in [2.45, 2.75) is 71.1 Å². The number of hydrogen-bond acceptors (Lipinski definition) is 13. The fraction of sp³-hybridized carbons (Fsp3) is 0.339. The smallest absolute Gasteiger partial charge is 0.417 e. The Kier molecular flexibility index (Phi) is 19.2. The van der Waals surface area contributed by atoms with Crippen LogP contribution in [-0.4, -0.2) is 119 Å². The van der Waals surface area contributed by atoms with E-state index in [0.29, 0.717) is 60.3 Å². The molecule has 0 saturated carbocycles. The summed E-state index contributed by atoms with van der Waals surface area (Å²) < 4.78 is 63.2. The molecule has 3 atom stereocenters. The van der Waals surface area contributed by atoms with Gasteiger partial charge in [0, 0.05) is 80.4 Å². The number of fused-ring (bicyclic) bond motifs is 1. The molecule has 0 aliphatic carbocycles. The van der Waals surface area contributed by atoms with Crippen molar-refractivity contribution in [2.75, 3.05) is 56.8 Å². The number of hydrogen-bond donors (Lipinski definition) is 5. The number of carbonyl (C=O) groups is 5. The average molecular weight is 1130 g/mol. The third-order valence-corrected chi connectivity index (χ3v) is 14.2. The molecule has 1 fully saturated rings. The van der Waals surface area contributed by atoms with Gasteiger partial charge >= 0.3 is 12.2 Å². The minimum Gasteiger partial charge on any atom is -0.493 e. The van der Waals surface area contributed by atoms with Crippen molar-refractivity contribution in [3.63, 3.8) is 0 Å². The molecule has 4 aromatic carbocycles. The maximum absolute atomic E-state index is 14.3. The Balaban J connectivity index is 0.741. The molecule has 0 unspecified atom stereocenters. The lowest BCUT2D eigenvalue weighted by Crippen LogP contribution is -2.55. The summed E-state index contributed by atoms with van der Waals surface area (Å²) in [6, 6.07) is 22.7. The van der Waals surface area contributed by atoms with Gasteiger partial charge in [-0.15, -0.1) is 11.3 Å². The van der Waals surface area contributed by atoms with Crippen LogP contribution in [0.2, 0.25) is 5.02 Å². The minimum absolute atomic E-state index is 0.0275. The number of anilines is 2. The van der Waals surface area contributed by atoms with Gasteiger partial charge in [0.05, 0.1) is 59.2 Å². The lowest BCUT2D eigenvalue weighted by atomic mass is 10.0. The largest absolute Gasteiger partial charge is 0.493 e. The highest BCUT2D eigenvalue weighted by atomic mass is 35.5. The number of β-amino-alcohol motifs (C(OH)–C–C–N with tert-alkyl or cyclic N) is 1. The van der Waals surface area contributed by atoms with Crippen molar-refractivity contribution < 1.29 is 61.2 Å². The van der Waals surface area contributed by atoms with E-state index in [1.165, 1.54) is 46.7 Å². The van der Waals surface area contributed by atoms with Crippen LogP contribution >= 0.6 is 22.9 Å². The van der Waals surface area contributed by atoms with Gasteiger partial charge in [0.1, 0.15) is 35.0 Å². The number of pyridine rings is 1. The highest BCUT2D eigenvalue weighted by molar-refractivity contribution is 7.13. The third kappa shape index (κ3) is 14.9. The van der Waals surface area contributed by atoms with Crippen LogP contribution in [0, 0.1) is 12.8 Å². The molecule has 0 bridgehead atoms. The molecule has 18 nitrogen and oxygen atoms in total. The summed E-state index contributed by atoms with van der Waals surface area (Å²) in [7, 11) is 0. The Morgan fingerprint density at radius 2 is 1.61 bits per heavy atom. The van der Waals surface area contributed by atoms with Gasteiger partial charge < -0.3 is 55.1 Å². The summed E-state index contributed by atoms with van der Waals surface area (Å²) in [5.74, 6) is -0.513. The van der Waals surface area contributed by atoms with Crippen molar-refractivity contribution in [3.8, 4) is 27.7 Å². The molecule has 5 N–H and O–H groups in total. The van der Waals surface area contributed by atoms with Crippen LogP contribution in [0.3, 0.4) is 0 Å². The summed E-state index contributed by atoms with van der Waals surface area (Å²) in [5.41, 5.74) is 4.90. The minimum atomic E-state index is -4.69. The average Bonchev–Trinajstić information content (AvgIpc) is 4.30. The predicted octanol–water partition coefficient (Wildman–Crippen LogP) is 9.11. The SMILES string of the molecule is Cc1ncsc1-c1ccc(CNC(=O)[C@@H]2C[C@@H](O)CN2C(=O)[C@H](C(C)C)N2Cc3ccccc3C2=O)c(OCCCOCCOCCNC(=O)c2cc(Oc3ccc(NC(=O)Nc4ccc(Cl)c(C(F)(F)F)c4)cc3)ccn2)c1. The number of carbonyl (C=O) groups excluding carboxylic acids is 5. The number of alkyl halides is 3. The van der Waals surface area contributed by atoms with Crippen molar-refractivity contribution in [1.82, 2.24) is 30.4 Å². The number of nitrogens with one attached hydrogen (secondary N) is 4. The van der Waals surface area contributed by atoms with Crippen LogP contribution in [-0.2, 0) is 38.3 Å². The zero-order valence-electron chi connectivity index (χ0n) is 43.3. The number of aryl methyl sites for hydroxylation is 1. The van der Waals surface area contributed by atoms with E-state index in [0.717, 1.165) is 33.8 Å². The second kappa shape index (κ2) is 26.3. The second-order valence-corrected chi connectivity index (χ2v) is 20.2. The van der Waals surface area contributed by atoms with E-state index in [-0.39, 0.29) is 74.9 Å². The molecule has 0 radical (unpaired) electrons. The first-order valence-corrected chi connectivity index (χ1v) is 26.6. The van der Waals surface area contributed by atoms with Gasteiger partial charge in [-0.3, -0.25) is 24.2 Å². The monoisotopic (exact) mass is 1130 g/mol. The van der Waals surface area contributed by atoms with Gasteiger partial charge in [0.25, 0.3) is 11.8 Å². The molecule has 8 rings (SSSR count). The lowest BCUT2D eigenvalue weighted by molar-refractivity contribution is -0.143. The van der Waals surface area contributed by atoms with Crippen molar-refractivity contribution in [3.05, 3.63) is 147 Å². The highest BCUT2D eigenvalue weighted by Crippen LogP contribution is 2.37. The van der Waals surface area contributed by atoms with Crippen LogP contribution in [0.15, 0.2) is 109 Å². The number of likely N-dealkylation sites (tertiary alicyclic amines) is 1. The number of aliphatic hydroxyl groups is 1. The number of aliphatic hydroxyl groups excluding tert-OH is 1. The van der Waals surface area contributed by atoms with Gasteiger partial charge in [-0.05, 0) is 84.6 Å². The summed E-state index contributed by atoms with van der Waals surface area (Å²) in [4.78, 5) is 79.4. The Labute approximate surface area is 462 Å². The first kappa shape index (κ1) is 57.5. The van der Waals surface area contributed by atoms with E-state index < -0.39 is 52.8 Å². The number of thiazole rings is 1. The second-order valence-electron chi connectivity index (χ2n) is 18.9. The molecule has 2 aliphatic rings. The van der Waals surface area contributed by atoms with Gasteiger partial charge in [-0.25, -0.2) is 9.78 Å². The molecule has 416 valence electrons. The van der Waals surface area contributed by atoms with Crippen LogP contribution in [0.1, 0.15) is 69.9 Å². The molecule has 4 heterocycles. The highest BCUT2D eigenvalue weighted by Gasteiger charge is 2.46. The van der Waals surface area contributed by atoms with Crippen molar-refractivity contribution >= 4 is 64.0 Å². The van der Waals surface area contributed by atoms with Crippen molar-refractivity contribution in [2.24, 2.45) is 5.92 Å². The summed E-state index contributed by atoms with van der Waals surface area (Å²) in [6.07, 6.45) is -3.59. The maximum Gasteiger partial charge on any atom is 0.417 e. The Bertz CT molecular complexity index is 3150. The molecule has 2 aliphatic heterocycles. The summed E-state index contributed by atoms with van der Waals surface area (Å²) >= 11 is 7.16. The third-order valence-electron chi connectivity index (χ3n) is 12.9. The van der Waals surface area contributed by atoms with E-state index in [9.17, 15) is 42.3 Å². The van der Waals surface area contributed by atoms with Gasteiger partial charge in [-0.1, -0.05) is 55.8 Å². The van der Waals surface area contributed by atoms with E-state index in [2.05, 4.69) is 31.2 Å². The number of rotatable bonds is 23. The van der Waals surface area contributed by atoms with Gasteiger partial charge in [0.2, 0.25) is 11.8 Å². The van der Waals surface area contributed by atoms with E-state index in [4.69, 9.17) is 30.5 Å². The van der Waals surface area contributed by atoms with Crippen LogP contribution in [0.4, 0.5) is 29.3 Å². The Hall–Kier alpha value is -7.63. The molecule has 6 aromatic rings.